The summed E-state index contributed by atoms with van der Waals surface area (Å²) in [7, 11) is 1.70. The van der Waals surface area contributed by atoms with Gasteiger partial charge in [0.25, 0.3) is 0 Å². The second-order valence-electron chi connectivity index (χ2n) is 4.75. The Balaban J connectivity index is 1.89. The maximum Gasteiger partial charge on any atom is 0.316 e. The molecule has 0 aromatic heterocycles. The average Bonchev–Trinajstić information content (AvgIpc) is 2.39. The molecule has 1 fully saturated rings. The molecule has 110 valence electrons. The summed E-state index contributed by atoms with van der Waals surface area (Å²) in [6, 6.07) is 7.06. The highest BCUT2D eigenvalue weighted by Gasteiger charge is 2.42. The average molecular weight is 279 g/mol. The second kappa shape index (κ2) is 6.58. The predicted molar refractivity (Wildman–Crippen MR) is 77.9 cm³/mol. The molecule has 0 heterocycles. The van der Waals surface area contributed by atoms with Crippen molar-refractivity contribution in [2.75, 3.05) is 24.4 Å². The number of hydrogen-bond acceptors (Lipinski definition) is 4. The van der Waals surface area contributed by atoms with Crippen molar-refractivity contribution in [3.8, 4) is 0 Å². The van der Waals surface area contributed by atoms with Crippen LogP contribution in [0.1, 0.15) is 13.3 Å². The predicted octanol–water partition coefficient (Wildman–Crippen LogP) is 1.78. The number of benzene rings is 1. The minimum Gasteiger partial charge on any atom is -0.379 e. The van der Waals surface area contributed by atoms with Gasteiger partial charge in [-0.05, 0) is 37.6 Å². The summed E-state index contributed by atoms with van der Waals surface area (Å²) in [6.07, 6.45) is 1.16. The Morgan fingerprint density at radius 2 is 2.00 bits per heavy atom. The summed E-state index contributed by atoms with van der Waals surface area (Å²) in [5.74, 6) is 0. The van der Waals surface area contributed by atoms with Gasteiger partial charge in [0.05, 0.1) is 12.1 Å². The number of carbonyl (C=O) groups is 1. The largest absolute Gasteiger partial charge is 0.379 e. The summed E-state index contributed by atoms with van der Waals surface area (Å²) >= 11 is 0. The van der Waals surface area contributed by atoms with E-state index in [0.29, 0.717) is 12.3 Å². The first-order chi connectivity index (χ1) is 9.63. The summed E-state index contributed by atoms with van der Waals surface area (Å²) in [5.41, 5.74) is 6.71. The van der Waals surface area contributed by atoms with E-state index in [4.69, 9.17) is 15.2 Å². The van der Waals surface area contributed by atoms with E-state index in [1.165, 1.54) is 0 Å². The smallest absolute Gasteiger partial charge is 0.316 e. The van der Waals surface area contributed by atoms with Crippen LogP contribution in [0.2, 0.25) is 0 Å². The van der Waals surface area contributed by atoms with Gasteiger partial charge in [0.2, 0.25) is 0 Å². The molecule has 6 heteroatoms. The Morgan fingerprint density at radius 1 is 1.35 bits per heavy atom. The number of primary amides is 1. The number of hydrogen-bond donors (Lipinski definition) is 3. The van der Waals surface area contributed by atoms with Crippen LogP contribution >= 0.6 is 0 Å². The molecule has 0 saturated heterocycles. The van der Waals surface area contributed by atoms with E-state index in [-0.39, 0.29) is 18.2 Å². The minimum absolute atomic E-state index is 0.0679. The molecular weight excluding hydrogens is 258 g/mol. The van der Waals surface area contributed by atoms with Gasteiger partial charge in [-0.25, -0.2) is 4.79 Å². The number of carbonyl (C=O) groups excluding carboxylic acids is 1. The zero-order valence-corrected chi connectivity index (χ0v) is 11.8. The summed E-state index contributed by atoms with van der Waals surface area (Å²) < 4.78 is 11.0. The quantitative estimate of drug-likeness (QED) is 0.741. The lowest BCUT2D eigenvalue weighted by Gasteiger charge is -2.43. The molecule has 20 heavy (non-hydrogen) atoms. The van der Waals surface area contributed by atoms with Crippen molar-refractivity contribution >= 4 is 17.4 Å². The first kappa shape index (κ1) is 14.6. The van der Waals surface area contributed by atoms with Crippen molar-refractivity contribution in [3.63, 3.8) is 0 Å². The van der Waals surface area contributed by atoms with Gasteiger partial charge in [-0.1, -0.05) is 0 Å². The monoisotopic (exact) mass is 279 g/mol. The number of nitrogens with one attached hydrogen (secondary N) is 2. The molecule has 1 aliphatic rings. The zero-order chi connectivity index (χ0) is 14.5. The van der Waals surface area contributed by atoms with E-state index in [9.17, 15) is 4.79 Å². The van der Waals surface area contributed by atoms with E-state index in [2.05, 4.69) is 10.6 Å². The first-order valence-corrected chi connectivity index (χ1v) is 6.71. The van der Waals surface area contributed by atoms with E-state index >= 15 is 0 Å². The standard InChI is InChI=1S/C14H21N3O3/c1-3-20-12-8-11(13(12)19-2)16-9-4-6-10(7-5-9)17-14(15)18/h4-7,11-13,16H,3,8H2,1-2H3,(H3,15,17,18). The number of ether oxygens (including phenoxy) is 2. The summed E-state index contributed by atoms with van der Waals surface area (Å²) in [5, 5.41) is 5.92. The Bertz CT molecular complexity index is 449. The lowest BCUT2D eigenvalue weighted by Crippen LogP contribution is -2.56. The van der Waals surface area contributed by atoms with Gasteiger partial charge < -0.3 is 25.8 Å². The maximum atomic E-state index is 10.7. The molecule has 1 aliphatic carbocycles. The summed E-state index contributed by atoms with van der Waals surface area (Å²) in [4.78, 5) is 10.7. The van der Waals surface area contributed by atoms with Crippen molar-refractivity contribution in [2.24, 2.45) is 5.73 Å². The fourth-order valence-corrected chi connectivity index (χ4v) is 2.42. The van der Waals surface area contributed by atoms with Crippen molar-refractivity contribution in [1.82, 2.24) is 0 Å². The van der Waals surface area contributed by atoms with Crippen LogP contribution in [0, 0.1) is 0 Å². The van der Waals surface area contributed by atoms with Crippen LogP contribution in [0.5, 0.6) is 0 Å². The highest BCUT2D eigenvalue weighted by Crippen LogP contribution is 2.30. The third-order valence-electron chi connectivity index (χ3n) is 3.41. The molecular formula is C14H21N3O3. The van der Waals surface area contributed by atoms with Crippen molar-refractivity contribution in [1.29, 1.82) is 0 Å². The Kier molecular flexibility index (Phi) is 4.81. The fraction of sp³-hybridized carbons (Fsp3) is 0.500. The van der Waals surface area contributed by atoms with Gasteiger partial charge in [-0.3, -0.25) is 0 Å². The number of methoxy groups -OCH3 is 1. The van der Waals surface area contributed by atoms with E-state index in [1.807, 2.05) is 19.1 Å². The highest BCUT2D eigenvalue weighted by molar-refractivity contribution is 5.87. The number of anilines is 2. The van der Waals surface area contributed by atoms with Crippen molar-refractivity contribution < 1.29 is 14.3 Å². The molecule has 3 atom stereocenters. The van der Waals surface area contributed by atoms with Crippen LogP contribution in [-0.4, -0.2) is 38.0 Å². The molecule has 3 unspecified atom stereocenters. The third kappa shape index (κ3) is 3.40. The summed E-state index contributed by atoms with van der Waals surface area (Å²) in [6.45, 7) is 2.68. The topological polar surface area (TPSA) is 85.6 Å². The molecule has 6 nitrogen and oxygen atoms in total. The van der Waals surface area contributed by atoms with Gasteiger partial charge in [0, 0.05) is 25.1 Å². The molecule has 0 bridgehead atoms. The normalized spacial score (nSPS) is 24.8. The van der Waals surface area contributed by atoms with Crippen LogP contribution in [0.4, 0.5) is 16.2 Å². The Hall–Kier alpha value is -1.79. The first-order valence-electron chi connectivity index (χ1n) is 6.71. The third-order valence-corrected chi connectivity index (χ3v) is 3.41. The zero-order valence-electron chi connectivity index (χ0n) is 11.8. The molecule has 0 aliphatic heterocycles. The Labute approximate surface area is 118 Å². The van der Waals surface area contributed by atoms with Crippen LogP contribution in [0.3, 0.4) is 0 Å². The molecule has 0 radical (unpaired) electrons. The molecule has 1 saturated carbocycles. The van der Waals surface area contributed by atoms with Gasteiger partial charge in [0.1, 0.15) is 6.10 Å². The van der Waals surface area contributed by atoms with E-state index in [1.54, 1.807) is 19.2 Å². The number of amides is 2. The van der Waals surface area contributed by atoms with Crippen LogP contribution in [0.25, 0.3) is 0 Å². The van der Waals surface area contributed by atoms with Gasteiger partial charge in [-0.2, -0.15) is 0 Å². The van der Waals surface area contributed by atoms with Crippen LogP contribution in [-0.2, 0) is 9.47 Å². The van der Waals surface area contributed by atoms with E-state index in [0.717, 1.165) is 12.1 Å². The van der Waals surface area contributed by atoms with Crippen LogP contribution in [0.15, 0.2) is 24.3 Å². The number of rotatable bonds is 6. The molecule has 2 amide bonds. The lowest BCUT2D eigenvalue weighted by molar-refractivity contribution is -0.118. The van der Waals surface area contributed by atoms with Crippen molar-refractivity contribution in [3.05, 3.63) is 24.3 Å². The van der Waals surface area contributed by atoms with Gasteiger partial charge >= 0.3 is 6.03 Å². The highest BCUT2D eigenvalue weighted by atomic mass is 16.5. The number of nitrogens with two attached hydrogens (primary N) is 1. The lowest BCUT2D eigenvalue weighted by atomic mass is 9.85. The maximum absolute atomic E-state index is 10.7. The molecule has 0 spiro atoms. The van der Waals surface area contributed by atoms with Crippen molar-refractivity contribution in [2.45, 2.75) is 31.6 Å². The molecule has 1 aromatic rings. The SMILES string of the molecule is CCOC1CC(Nc2ccc(NC(N)=O)cc2)C1OC. The van der Waals surface area contributed by atoms with Gasteiger partial charge in [-0.15, -0.1) is 0 Å². The molecule has 2 rings (SSSR count). The molecule has 1 aromatic carbocycles. The van der Waals surface area contributed by atoms with Crippen LogP contribution < -0.4 is 16.4 Å². The molecule has 4 N–H and O–H groups in total. The van der Waals surface area contributed by atoms with Gasteiger partial charge in [0.15, 0.2) is 0 Å². The second-order valence-corrected chi connectivity index (χ2v) is 4.75. The fourth-order valence-electron chi connectivity index (χ4n) is 2.42. The van der Waals surface area contributed by atoms with E-state index < -0.39 is 6.03 Å². The minimum atomic E-state index is -0.566. The number of urea groups is 1. The Morgan fingerprint density at radius 3 is 2.55 bits per heavy atom.